The van der Waals surface area contributed by atoms with Crippen LogP contribution >= 0.6 is 0 Å². The number of anilines is 4. The molecule has 0 aliphatic heterocycles. The molecule has 9 heteroatoms. The van der Waals surface area contributed by atoms with Crippen LogP contribution in [-0.2, 0) is 10.8 Å². The topological polar surface area (TPSA) is 121 Å². The molecule has 2 heterocycles. The van der Waals surface area contributed by atoms with E-state index in [1.165, 1.54) is 6.33 Å². The zero-order valence-corrected chi connectivity index (χ0v) is 25.0. The molecule has 0 aliphatic carbocycles. The van der Waals surface area contributed by atoms with Crippen LogP contribution in [-0.4, -0.2) is 32.7 Å². The van der Waals surface area contributed by atoms with Gasteiger partial charge in [-0.25, -0.2) is 9.97 Å². The standard InChI is InChI=1S/C32H38N8O/c1-9-32(7,18-33)24-12-10-11-23(29(24)31(4,5)6)30(41)37-22-14-13-20(2)25(16-22)38-28-15-21(3)39-40(28)27-17-26(34-8)35-19-36-27/h10-17,19,38H,9H2,1-8H3,(H,37,41)(H,34,35,36). The lowest BCUT2D eigenvalue weighted by atomic mass is 9.71. The van der Waals surface area contributed by atoms with Crippen molar-refractivity contribution in [1.29, 1.82) is 5.26 Å². The first kappa shape index (κ1) is 29.3. The number of carbonyl (C=O) groups is 1. The van der Waals surface area contributed by atoms with Crippen LogP contribution in [0.25, 0.3) is 5.82 Å². The van der Waals surface area contributed by atoms with E-state index in [4.69, 9.17) is 0 Å². The molecule has 2 aromatic heterocycles. The number of amides is 1. The Morgan fingerprint density at radius 3 is 2.46 bits per heavy atom. The molecule has 1 amide bonds. The van der Waals surface area contributed by atoms with Crippen molar-refractivity contribution in [2.45, 2.75) is 65.7 Å². The number of nitrogens with one attached hydrogen (secondary N) is 3. The molecule has 0 spiro atoms. The monoisotopic (exact) mass is 550 g/mol. The van der Waals surface area contributed by atoms with Gasteiger partial charge in [-0.3, -0.25) is 4.79 Å². The highest BCUT2D eigenvalue weighted by Gasteiger charge is 2.34. The molecule has 4 rings (SSSR count). The quantitative estimate of drug-likeness (QED) is 0.220. The van der Waals surface area contributed by atoms with E-state index in [9.17, 15) is 10.1 Å². The second-order valence-electron chi connectivity index (χ2n) is 11.5. The lowest BCUT2D eigenvalue weighted by Crippen LogP contribution is -2.29. The number of carbonyl (C=O) groups excluding carboxylic acids is 1. The van der Waals surface area contributed by atoms with E-state index in [-0.39, 0.29) is 11.3 Å². The van der Waals surface area contributed by atoms with Crippen LogP contribution in [0.15, 0.2) is 54.9 Å². The molecule has 2 aromatic carbocycles. The van der Waals surface area contributed by atoms with Crippen molar-refractivity contribution < 1.29 is 4.79 Å². The Morgan fingerprint density at radius 1 is 1.05 bits per heavy atom. The summed E-state index contributed by atoms with van der Waals surface area (Å²) >= 11 is 0. The molecule has 0 radical (unpaired) electrons. The summed E-state index contributed by atoms with van der Waals surface area (Å²) in [6.45, 7) is 14.1. The van der Waals surface area contributed by atoms with Crippen molar-refractivity contribution in [3.05, 3.63) is 82.8 Å². The Bertz CT molecular complexity index is 1630. The number of aromatic nitrogens is 4. The SMILES string of the molecule is CCC(C)(C#N)c1cccc(C(=O)Nc2ccc(C)c(Nc3cc(C)nn3-c3cc(NC)ncn3)c2)c1C(C)(C)C. The van der Waals surface area contributed by atoms with E-state index >= 15 is 0 Å². The second-order valence-corrected chi connectivity index (χ2v) is 11.5. The van der Waals surface area contributed by atoms with Crippen LogP contribution in [0.4, 0.5) is 23.0 Å². The Kier molecular flexibility index (Phi) is 8.15. The van der Waals surface area contributed by atoms with Crippen LogP contribution in [0.1, 0.15) is 73.8 Å². The van der Waals surface area contributed by atoms with Gasteiger partial charge in [-0.15, -0.1) is 0 Å². The van der Waals surface area contributed by atoms with Crippen LogP contribution < -0.4 is 16.0 Å². The molecule has 0 fully saturated rings. The van der Waals surface area contributed by atoms with Gasteiger partial charge in [-0.2, -0.15) is 15.0 Å². The second kappa shape index (κ2) is 11.4. The maximum Gasteiger partial charge on any atom is 0.255 e. The third kappa shape index (κ3) is 6.07. The predicted octanol–water partition coefficient (Wildman–Crippen LogP) is 6.81. The van der Waals surface area contributed by atoms with E-state index in [1.54, 1.807) is 11.7 Å². The van der Waals surface area contributed by atoms with Crippen molar-refractivity contribution in [3.63, 3.8) is 0 Å². The summed E-state index contributed by atoms with van der Waals surface area (Å²) in [5.74, 6) is 1.81. The van der Waals surface area contributed by atoms with Gasteiger partial charge >= 0.3 is 0 Å². The fraction of sp³-hybridized carbons (Fsp3) is 0.344. The molecule has 1 unspecified atom stereocenters. The first-order valence-corrected chi connectivity index (χ1v) is 13.7. The van der Waals surface area contributed by atoms with Crippen LogP contribution in [0.2, 0.25) is 0 Å². The number of nitrogens with zero attached hydrogens (tertiary/aromatic N) is 5. The largest absolute Gasteiger partial charge is 0.373 e. The van der Waals surface area contributed by atoms with Crippen LogP contribution in [0.3, 0.4) is 0 Å². The third-order valence-corrected chi connectivity index (χ3v) is 7.32. The number of benzene rings is 2. The van der Waals surface area contributed by atoms with Gasteiger partial charge in [0, 0.05) is 36.1 Å². The van der Waals surface area contributed by atoms with Crippen molar-refractivity contribution in [1.82, 2.24) is 19.7 Å². The number of rotatable bonds is 8. The first-order chi connectivity index (χ1) is 19.4. The average Bonchev–Trinajstić information content (AvgIpc) is 3.33. The average molecular weight is 551 g/mol. The fourth-order valence-electron chi connectivity index (χ4n) is 4.87. The van der Waals surface area contributed by atoms with E-state index in [0.29, 0.717) is 29.3 Å². The van der Waals surface area contributed by atoms with E-state index < -0.39 is 5.41 Å². The first-order valence-electron chi connectivity index (χ1n) is 13.7. The van der Waals surface area contributed by atoms with Crippen molar-refractivity contribution in [2.75, 3.05) is 23.0 Å². The molecule has 0 saturated carbocycles. The van der Waals surface area contributed by atoms with Crippen molar-refractivity contribution >= 4 is 28.9 Å². The van der Waals surface area contributed by atoms with Gasteiger partial charge in [0.2, 0.25) is 0 Å². The molecule has 41 heavy (non-hydrogen) atoms. The molecular weight excluding hydrogens is 512 g/mol. The van der Waals surface area contributed by atoms with E-state index in [0.717, 1.165) is 33.9 Å². The smallest absolute Gasteiger partial charge is 0.255 e. The molecule has 0 bridgehead atoms. The van der Waals surface area contributed by atoms with Gasteiger partial charge in [0.05, 0.1) is 17.2 Å². The van der Waals surface area contributed by atoms with E-state index in [2.05, 4.69) is 57.9 Å². The lowest BCUT2D eigenvalue weighted by Gasteiger charge is -2.32. The molecule has 3 N–H and O–H groups in total. The maximum absolute atomic E-state index is 13.7. The summed E-state index contributed by atoms with van der Waals surface area (Å²) in [4.78, 5) is 22.3. The highest BCUT2D eigenvalue weighted by atomic mass is 16.1. The minimum atomic E-state index is -0.696. The zero-order valence-electron chi connectivity index (χ0n) is 25.0. The fourth-order valence-corrected chi connectivity index (χ4v) is 4.87. The summed E-state index contributed by atoms with van der Waals surface area (Å²) in [6.07, 6.45) is 2.13. The van der Waals surface area contributed by atoms with Gasteiger partial charge in [-0.05, 0) is 67.5 Å². The Morgan fingerprint density at radius 2 is 1.80 bits per heavy atom. The summed E-state index contributed by atoms with van der Waals surface area (Å²) in [7, 11) is 1.80. The maximum atomic E-state index is 13.7. The number of aryl methyl sites for hydroxylation is 2. The van der Waals surface area contributed by atoms with Gasteiger partial charge in [0.15, 0.2) is 5.82 Å². The molecule has 0 saturated heterocycles. The molecule has 1 atom stereocenters. The predicted molar refractivity (Wildman–Crippen MR) is 164 cm³/mol. The lowest BCUT2D eigenvalue weighted by molar-refractivity contribution is 0.102. The number of nitriles is 1. The van der Waals surface area contributed by atoms with Crippen LogP contribution in [0, 0.1) is 25.2 Å². The zero-order chi connectivity index (χ0) is 29.9. The van der Waals surface area contributed by atoms with Crippen LogP contribution in [0.5, 0.6) is 0 Å². The molecule has 4 aromatic rings. The molecule has 0 aliphatic rings. The Balaban J connectivity index is 1.68. The molecular formula is C32H38N8O. The van der Waals surface area contributed by atoms with Crippen molar-refractivity contribution in [3.8, 4) is 11.9 Å². The summed E-state index contributed by atoms with van der Waals surface area (Å²) in [5, 5.41) is 24.2. The Labute approximate surface area is 242 Å². The van der Waals surface area contributed by atoms with Gasteiger partial charge in [0.1, 0.15) is 18.0 Å². The third-order valence-electron chi connectivity index (χ3n) is 7.32. The van der Waals surface area contributed by atoms with E-state index in [1.807, 2.05) is 76.2 Å². The Hall–Kier alpha value is -4.71. The highest BCUT2D eigenvalue weighted by molar-refractivity contribution is 6.06. The van der Waals surface area contributed by atoms with Gasteiger partial charge in [-0.1, -0.05) is 45.9 Å². The molecule has 212 valence electrons. The number of hydrogen-bond acceptors (Lipinski definition) is 7. The minimum Gasteiger partial charge on any atom is -0.373 e. The summed E-state index contributed by atoms with van der Waals surface area (Å²) in [5.41, 5.74) is 4.59. The molecule has 9 nitrogen and oxygen atoms in total. The number of hydrogen-bond donors (Lipinski definition) is 3. The normalized spacial score (nSPS) is 12.8. The highest BCUT2D eigenvalue weighted by Crippen LogP contribution is 2.38. The minimum absolute atomic E-state index is 0.218. The van der Waals surface area contributed by atoms with Gasteiger partial charge in [0.25, 0.3) is 5.91 Å². The van der Waals surface area contributed by atoms with Crippen molar-refractivity contribution in [2.24, 2.45) is 0 Å². The summed E-state index contributed by atoms with van der Waals surface area (Å²) < 4.78 is 1.73. The van der Waals surface area contributed by atoms with Gasteiger partial charge < -0.3 is 16.0 Å². The summed E-state index contributed by atoms with van der Waals surface area (Å²) in [6, 6.07) is 17.7.